The summed E-state index contributed by atoms with van der Waals surface area (Å²) < 4.78 is 33.2. The van der Waals surface area contributed by atoms with Crippen LogP contribution in [0.25, 0.3) is 0 Å². The Kier molecular flexibility index (Phi) is 5.72. The van der Waals surface area contributed by atoms with E-state index in [0.29, 0.717) is 26.2 Å². The van der Waals surface area contributed by atoms with Crippen LogP contribution in [0.1, 0.15) is 5.56 Å². The second-order valence-electron chi connectivity index (χ2n) is 5.23. The van der Waals surface area contributed by atoms with Gasteiger partial charge in [-0.3, -0.25) is 0 Å². The van der Waals surface area contributed by atoms with Crippen LogP contribution in [0.15, 0.2) is 30.3 Å². The molecular weight excluding hydrogens is 290 g/mol. The van der Waals surface area contributed by atoms with Gasteiger partial charge in [0.1, 0.15) is 0 Å². The summed E-state index contributed by atoms with van der Waals surface area (Å²) in [5.41, 5.74) is 0.965. The molecule has 7 heteroatoms. The Bertz CT molecular complexity index is 530. The normalized spacial score (nSPS) is 20.1. The highest BCUT2D eigenvalue weighted by Gasteiger charge is 2.27. The fourth-order valence-electron chi connectivity index (χ4n) is 2.28. The standard InChI is InChI=1S/C14H23N3O3S/c1-16(11-13-6-4-3-5-7-13)21(18,19)17(2)12-14-10-15-8-9-20-14/h3-7,14-15H,8-12H2,1-2H3. The van der Waals surface area contributed by atoms with Crippen LogP contribution in [0.4, 0.5) is 0 Å². The van der Waals surface area contributed by atoms with Gasteiger partial charge in [0.05, 0.1) is 12.7 Å². The highest BCUT2D eigenvalue weighted by atomic mass is 32.2. The molecule has 1 fully saturated rings. The third-order valence-corrected chi connectivity index (χ3v) is 5.35. The first-order valence-corrected chi connectivity index (χ1v) is 8.43. The first-order valence-electron chi connectivity index (χ1n) is 7.04. The van der Waals surface area contributed by atoms with Gasteiger partial charge in [-0.05, 0) is 5.56 Å². The van der Waals surface area contributed by atoms with Crippen molar-refractivity contribution in [1.82, 2.24) is 13.9 Å². The van der Waals surface area contributed by atoms with Crippen LogP contribution in [-0.2, 0) is 21.5 Å². The third-order valence-electron chi connectivity index (χ3n) is 3.50. The van der Waals surface area contributed by atoms with Crippen molar-refractivity contribution in [2.45, 2.75) is 12.6 Å². The molecule has 1 aliphatic rings. The van der Waals surface area contributed by atoms with Crippen LogP contribution >= 0.6 is 0 Å². The quantitative estimate of drug-likeness (QED) is 0.820. The molecule has 1 unspecified atom stereocenters. The van der Waals surface area contributed by atoms with Crippen molar-refractivity contribution < 1.29 is 13.2 Å². The van der Waals surface area contributed by atoms with Gasteiger partial charge < -0.3 is 10.1 Å². The zero-order chi connectivity index (χ0) is 15.3. The molecule has 1 saturated heterocycles. The summed E-state index contributed by atoms with van der Waals surface area (Å²) in [6.07, 6.45) is -0.0938. The number of hydrogen-bond donors (Lipinski definition) is 1. The highest BCUT2D eigenvalue weighted by molar-refractivity contribution is 7.86. The number of nitrogens with one attached hydrogen (secondary N) is 1. The second kappa shape index (κ2) is 7.33. The molecule has 2 rings (SSSR count). The van der Waals surface area contributed by atoms with Crippen LogP contribution < -0.4 is 5.32 Å². The lowest BCUT2D eigenvalue weighted by molar-refractivity contribution is 0.0200. The Balaban J connectivity index is 1.95. The minimum absolute atomic E-state index is 0.0938. The van der Waals surface area contributed by atoms with Gasteiger partial charge in [0.15, 0.2) is 0 Å². The Labute approximate surface area is 126 Å². The average molecular weight is 313 g/mol. The summed E-state index contributed by atoms with van der Waals surface area (Å²) in [5.74, 6) is 0. The number of rotatable bonds is 6. The lowest BCUT2D eigenvalue weighted by Gasteiger charge is -2.30. The van der Waals surface area contributed by atoms with Crippen molar-refractivity contribution in [2.75, 3.05) is 40.3 Å². The minimum atomic E-state index is -3.48. The monoisotopic (exact) mass is 313 g/mol. The molecule has 1 heterocycles. The second-order valence-corrected chi connectivity index (χ2v) is 7.37. The van der Waals surface area contributed by atoms with Crippen LogP contribution in [0.3, 0.4) is 0 Å². The van der Waals surface area contributed by atoms with E-state index >= 15 is 0 Å². The smallest absolute Gasteiger partial charge is 0.281 e. The molecule has 1 aromatic rings. The SMILES string of the molecule is CN(Cc1ccccc1)S(=O)(=O)N(C)CC1CNCCO1. The van der Waals surface area contributed by atoms with Crippen molar-refractivity contribution in [3.05, 3.63) is 35.9 Å². The maximum atomic E-state index is 12.5. The molecule has 0 amide bonds. The van der Waals surface area contributed by atoms with Gasteiger partial charge in [-0.1, -0.05) is 30.3 Å². The predicted octanol–water partition coefficient (Wildman–Crippen LogP) is 0.283. The van der Waals surface area contributed by atoms with Crippen molar-refractivity contribution >= 4 is 10.2 Å². The van der Waals surface area contributed by atoms with E-state index in [4.69, 9.17) is 4.74 Å². The molecule has 0 saturated carbocycles. The molecule has 0 spiro atoms. The average Bonchev–Trinajstić information content (AvgIpc) is 2.49. The lowest BCUT2D eigenvalue weighted by Crippen LogP contribution is -2.48. The fraction of sp³-hybridized carbons (Fsp3) is 0.571. The first-order chi connectivity index (χ1) is 10.00. The van der Waals surface area contributed by atoms with E-state index in [-0.39, 0.29) is 6.10 Å². The number of hydrogen-bond acceptors (Lipinski definition) is 4. The van der Waals surface area contributed by atoms with Gasteiger partial charge in [0.2, 0.25) is 0 Å². The zero-order valence-electron chi connectivity index (χ0n) is 12.5. The molecule has 0 bridgehead atoms. The molecule has 0 aliphatic carbocycles. The first kappa shape index (κ1) is 16.4. The predicted molar refractivity (Wildman–Crippen MR) is 82.1 cm³/mol. The molecule has 118 valence electrons. The summed E-state index contributed by atoms with van der Waals surface area (Å²) in [5, 5.41) is 3.20. The van der Waals surface area contributed by atoms with E-state index < -0.39 is 10.2 Å². The minimum Gasteiger partial charge on any atom is -0.374 e. The number of nitrogens with zero attached hydrogens (tertiary/aromatic N) is 2. The fourth-order valence-corrected chi connectivity index (χ4v) is 3.42. The Morgan fingerprint density at radius 1 is 1.24 bits per heavy atom. The van der Waals surface area contributed by atoms with Gasteiger partial charge in [0, 0.05) is 40.3 Å². The van der Waals surface area contributed by atoms with Crippen molar-refractivity contribution in [1.29, 1.82) is 0 Å². The number of ether oxygens (including phenoxy) is 1. The third kappa shape index (κ3) is 4.49. The summed E-state index contributed by atoms with van der Waals surface area (Å²) in [4.78, 5) is 0. The molecule has 21 heavy (non-hydrogen) atoms. The topological polar surface area (TPSA) is 61.9 Å². The van der Waals surface area contributed by atoms with E-state index in [2.05, 4.69) is 5.32 Å². The number of morpholine rings is 1. The molecular formula is C14H23N3O3S. The van der Waals surface area contributed by atoms with Crippen molar-refractivity contribution in [3.63, 3.8) is 0 Å². The Morgan fingerprint density at radius 2 is 1.95 bits per heavy atom. The van der Waals surface area contributed by atoms with E-state index in [9.17, 15) is 8.42 Å². The van der Waals surface area contributed by atoms with Gasteiger partial charge in [0.25, 0.3) is 10.2 Å². The summed E-state index contributed by atoms with van der Waals surface area (Å²) >= 11 is 0. The van der Waals surface area contributed by atoms with Gasteiger partial charge in [-0.25, -0.2) is 0 Å². The molecule has 1 aromatic carbocycles. The zero-order valence-corrected chi connectivity index (χ0v) is 13.3. The highest BCUT2D eigenvalue weighted by Crippen LogP contribution is 2.11. The lowest BCUT2D eigenvalue weighted by atomic mass is 10.2. The summed E-state index contributed by atoms with van der Waals surface area (Å²) in [6.45, 7) is 2.84. The maximum Gasteiger partial charge on any atom is 0.281 e. The van der Waals surface area contributed by atoms with E-state index in [1.54, 1.807) is 14.1 Å². The molecule has 1 atom stereocenters. The number of likely N-dealkylation sites (N-methyl/N-ethyl adjacent to an activating group) is 1. The van der Waals surface area contributed by atoms with E-state index in [0.717, 1.165) is 12.1 Å². The van der Waals surface area contributed by atoms with Crippen LogP contribution in [0, 0.1) is 0 Å². The molecule has 6 nitrogen and oxygen atoms in total. The van der Waals surface area contributed by atoms with Crippen molar-refractivity contribution in [3.8, 4) is 0 Å². The van der Waals surface area contributed by atoms with Crippen molar-refractivity contribution in [2.24, 2.45) is 0 Å². The molecule has 1 N–H and O–H groups in total. The van der Waals surface area contributed by atoms with E-state index in [1.165, 1.54) is 8.61 Å². The summed E-state index contributed by atoms with van der Waals surface area (Å²) in [6, 6.07) is 9.56. The van der Waals surface area contributed by atoms with E-state index in [1.807, 2.05) is 30.3 Å². The largest absolute Gasteiger partial charge is 0.374 e. The summed E-state index contributed by atoms with van der Waals surface area (Å²) in [7, 11) is -0.290. The van der Waals surface area contributed by atoms with Gasteiger partial charge in [-0.15, -0.1) is 0 Å². The molecule has 0 radical (unpaired) electrons. The van der Waals surface area contributed by atoms with Crippen LogP contribution in [0.2, 0.25) is 0 Å². The Hall–Kier alpha value is -0.990. The maximum absolute atomic E-state index is 12.5. The molecule has 0 aromatic heterocycles. The number of benzene rings is 1. The van der Waals surface area contributed by atoms with Gasteiger partial charge >= 0.3 is 0 Å². The van der Waals surface area contributed by atoms with Crippen LogP contribution in [-0.4, -0.2) is 63.5 Å². The molecule has 1 aliphatic heterocycles. The van der Waals surface area contributed by atoms with Gasteiger partial charge in [-0.2, -0.15) is 17.0 Å². The van der Waals surface area contributed by atoms with Crippen LogP contribution in [0.5, 0.6) is 0 Å². The Morgan fingerprint density at radius 3 is 2.57 bits per heavy atom.